The summed E-state index contributed by atoms with van der Waals surface area (Å²) < 4.78 is 35.4. The Kier molecular flexibility index (Phi) is 8.90. The van der Waals surface area contributed by atoms with Gasteiger partial charge in [-0.15, -0.1) is 0 Å². The molecule has 39 heavy (non-hydrogen) atoms. The molecule has 210 valence electrons. The highest BCUT2D eigenvalue weighted by molar-refractivity contribution is 8.15. The molecule has 3 atom stereocenters. The van der Waals surface area contributed by atoms with Crippen molar-refractivity contribution in [1.29, 1.82) is 0 Å². The van der Waals surface area contributed by atoms with Crippen molar-refractivity contribution < 1.29 is 27.5 Å². The number of rotatable bonds is 8. The number of carbonyl (C=O) groups is 2. The molecule has 0 spiro atoms. The van der Waals surface area contributed by atoms with Crippen molar-refractivity contribution in [3.63, 3.8) is 0 Å². The number of hydrogen-bond acceptors (Lipinski definition) is 7. The van der Waals surface area contributed by atoms with Crippen LogP contribution in [-0.2, 0) is 32.2 Å². The van der Waals surface area contributed by atoms with Gasteiger partial charge in [-0.1, -0.05) is 54.2 Å². The standard InChI is InChI=1S/C28H35N3O6S2/c1-28(2,3)37-27(33)29-22(16-20-8-6-5-7-9-20)25(32)30-26-31(23-17-39(34,35)18-24(23)38-26)15-14-19-10-12-21(36-4)13-11-19/h5-13,22-24H,14-18H2,1-4H3,(H,29,33)/t22-,23-,24-/m0/s1. The van der Waals surface area contributed by atoms with E-state index in [9.17, 15) is 18.0 Å². The molecule has 2 heterocycles. The third kappa shape index (κ3) is 7.98. The summed E-state index contributed by atoms with van der Waals surface area (Å²) in [5.74, 6) is 0.333. The van der Waals surface area contributed by atoms with Crippen molar-refractivity contribution in [1.82, 2.24) is 10.2 Å². The summed E-state index contributed by atoms with van der Waals surface area (Å²) in [6, 6.07) is 15.9. The van der Waals surface area contributed by atoms with Gasteiger partial charge in [0.2, 0.25) is 0 Å². The number of ether oxygens (including phenoxy) is 2. The fraction of sp³-hybridized carbons (Fsp3) is 0.464. The molecule has 11 heteroatoms. The number of hydrogen-bond donors (Lipinski definition) is 1. The van der Waals surface area contributed by atoms with Gasteiger partial charge in [0, 0.05) is 18.2 Å². The second-order valence-electron chi connectivity index (χ2n) is 10.7. The van der Waals surface area contributed by atoms with Gasteiger partial charge in [0.05, 0.1) is 24.7 Å². The monoisotopic (exact) mass is 573 g/mol. The Balaban J connectivity index is 1.56. The third-order valence-electron chi connectivity index (χ3n) is 6.45. The normalized spacial score (nSPS) is 21.8. The van der Waals surface area contributed by atoms with Crippen LogP contribution in [0.25, 0.3) is 0 Å². The van der Waals surface area contributed by atoms with Gasteiger partial charge in [-0.3, -0.25) is 4.79 Å². The molecule has 2 fully saturated rings. The minimum Gasteiger partial charge on any atom is -0.497 e. The molecule has 2 aliphatic heterocycles. The number of methoxy groups -OCH3 is 1. The van der Waals surface area contributed by atoms with E-state index in [4.69, 9.17) is 9.47 Å². The summed E-state index contributed by atoms with van der Waals surface area (Å²) in [5, 5.41) is 2.99. The first-order valence-corrected chi connectivity index (χ1v) is 15.6. The third-order valence-corrected chi connectivity index (χ3v) is 9.70. The van der Waals surface area contributed by atoms with Gasteiger partial charge in [-0.2, -0.15) is 4.99 Å². The fourth-order valence-corrected chi connectivity index (χ4v) is 8.59. The lowest BCUT2D eigenvalue weighted by Gasteiger charge is -2.25. The first-order chi connectivity index (χ1) is 18.4. The zero-order valence-corrected chi connectivity index (χ0v) is 24.3. The SMILES string of the molecule is COc1ccc(CCN2C(=NC(=O)[C@H](Cc3ccccc3)NC(=O)OC(C)(C)C)S[C@H]3CS(=O)(=O)C[C@@H]32)cc1. The van der Waals surface area contributed by atoms with Crippen molar-refractivity contribution in [3.8, 4) is 5.75 Å². The minimum atomic E-state index is -3.17. The Labute approximate surface area is 234 Å². The number of nitrogens with zero attached hydrogens (tertiary/aromatic N) is 2. The number of amidine groups is 1. The summed E-state index contributed by atoms with van der Waals surface area (Å²) in [6.07, 6.45) is 0.188. The van der Waals surface area contributed by atoms with E-state index in [0.29, 0.717) is 18.1 Å². The van der Waals surface area contributed by atoms with Gasteiger partial charge in [-0.25, -0.2) is 13.2 Å². The van der Waals surface area contributed by atoms with Crippen LogP contribution in [0, 0.1) is 0 Å². The highest BCUT2D eigenvalue weighted by Crippen LogP contribution is 2.38. The molecule has 4 rings (SSSR count). The lowest BCUT2D eigenvalue weighted by molar-refractivity contribution is -0.119. The topological polar surface area (TPSA) is 114 Å². The predicted molar refractivity (Wildman–Crippen MR) is 153 cm³/mol. The van der Waals surface area contributed by atoms with Crippen LogP contribution >= 0.6 is 11.8 Å². The number of sulfone groups is 1. The Morgan fingerprint density at radius 2 is 1.77 bits per heavy atom. The van der Waals surface area contributed by atoms with E-state index in [0.717, 1.165) is 16.9 Å². The Hall–Kier alpha value is -3.05. The molecule has 2 aliphatic rings. The van der Waals surface area contributed by atoms with E-state index in [1.165, 1.54) is 11.8 Å². The van der Waals surface area contributed by atoms with Gasteiger partial charge in [0.15, 0.2) is 15.0 Å². The molecule has 0 radical (unpaired) electrons. The van der Waals surface area contributed by atoms with Crippen LogP contribution in [0.2, 0.25) is 0 Å². The molecule has 0 bridgehead atoms. The number of nitrogens with one attached hydrogen (secondary N) is 1. The van der Waals surface area contributed by atoms with Crippen molar-refractivity contribution in [2.24, 2.45) is 4.99 Å². The molecule has 0 saturated carbocycles. The Bertz CT molecular complexity index is 1310. The lowest BCUT2D eigenvalue weighted by Crippen LogP contribution is -2.45. The van der Waals surface area contributed by atoms with Crippen LogP contribution < -0.4 is 10.1 Å². The molecule has 9 nitrogen and oxygen atoms in total. The Morgan fingerprint density at radius 1 is 1.08 bits per heavy atom. The quantitative estimate of drug-likeness (QED) is 0.511. The van der Waals surface area contributed by atoms with E-state index in [2.05, 4.69) is 10.3 Å². The van der Waals surface area contributed by atoms with E-state index in [1.807, 2.05) is 59.5 Å². The van der Waals surface area contributed by atoms with Gasteiger partial charge in [-0.05, 0) is 50.5 Å². The number of alkyl carbamates (subject to hydrolysis) is 1. The average Bonchev–Trinajstić information content (AvgIpc) is 3.32. The summed E-state index contributed by atoms with van der Waals surface area (Å²) in [4.78, 5) is 32.5. The number of amides is 2. The molecule has 0 unspecified atom stereocenters. The van der Waals surface area contributed by atoms with Gasteiger partial charge < -0.3 is 19.7 Å². The molecular formula is C28H35N3O6S2. The van der Waals surface area contributed by atoms with Crippen LogP contribution in [0.3, 0.4) is 0 Å². The summed E-state index contributed by atoms with van der Waals surface area (Å²) >= 11 is 1.33. The number of benzene rings is 2. The molecule has 2 aromatic carbocycles. The average molecular weight is 574 g/mol. The summed E-state index contributed by atoms with van der Waals surface area (Å²) in [6.45, 7) is 5.77. The van der Waals surface area contributed by atoms with Crippen LogP contribution in [0.15, 0.2) is 59.6 Å². The van der Waals surface area contributed by atoms with Crippen LogP contribution in [0.4, 0.5) is 4.79 Å². The number of aliphatic imine (C=N–C) groups is 1. The fourth-order valence-electron chi connectivity index (χ4n) is 4.61. The maximum Gasteiger partial charge on any atom is 0.408 e. The van der Waals surface area contributed by atoms with Gasteiger partial charge >= 0.3 is 6.09 Å². The van der Waals surface area contributed by atoms with Crippen LogP contribution in [0.5, 0.6) is 5.75 Å². The minimum absolute atomic E-state index is 0.0318. The summed E-state index contributed by atoms with van der Waals surface area (Å²) in [7, 11) is -1.55. The zero-order chi connectivity index (χ0) is 28.2. The number of carbonyl (C=O) groups excluding carboxylic acids is 2. The predicted octanol–water partition coefficient (Wildman–Crippen LogP) is 3.47. The zero-order valence-electron chi connectivity index (χ0n) is 22.6. The Morgan fingerprint density at radius 3 is 2.41 bits per heavy atom. The van der Waals surface area contributed by atoms with E-state index in [1.54, 1.807) is 27.9 Å². The van der Waals surface area contributed by atoms with Gasteiger partial charge in [0.1, 0.15) is 17.4 Å². The van der Waals surface area contributed by atoms with Crippen molar-refractivity contribution in [3.05, 3.63) is 65.7 Å². The molecule has 2 aromatic rings. The second-order valence-corrected chi connectivity index (χ2v) is 14.1. The number of thioether (sulfide) groups is 1. The highest BCUT2D eigenvalue weighted by atomic mass is 32.2. The lowest BCUT2D eigenvalue weighted by atomic mass is 10.1. The van der Waals surface area contributed by atoms with Gasteiger partial charge in [0.25, 0.3) is 5.91 Å². The summed E-state index contributed by atoms with van der Waals surface area (Å²) in [5.41, 5.74) is 1.20. The number of fused-ring (bicyclic) bond motifs is 1. The van der Waals surface area contributed by atoms with Crippen molar-refractivity contribution in [2.75, 3.05) is 25.2 Å². The second kappa shape index (κ2) is 12.0. The maximum atomic E-state index is 13.5. The smallest absolute Gasteiger partial charge is 0.408 e. The van der Waals surface area contributed by atoms with Crippen molar-refractivity contribution >= 4 is 38.8 Å². The first kappa shape index (κ1) is 28.9. The van der Waals surface area contributed by atoms with E-state index < -0.39 is 33.5 Å². The molecule has 2 amide bonds. The first-order valence-electron chi connectivity index (χ1n) is 12.8. The molecule has 1 N–H and O–H groups in total. The molecular weight excluding hydrogens is 538 g/mol. The van der Waals surface area contributed by atoms with Crippen molar-refractivity contribution in [2.45, 2.75) is 56.5 Å². The van der Waals surface area contributed by atoms with E-state index >= 15 is 0 Å². The molecule has 0 aromatic heterocycles. The highest BCUT2D eigenvalue weighted by Gasteiger charge is 2.48. The largest absolute Gasteiger partial charge is 0.497 e. The van der Waals surface area contributed by atoms with Crippen LogP contribution in [-0.4, -0.2) is 78.6 Å². The van der Waals surface area contributed by atoms with E-state index in [-0.39, 0.29) is 29.2 Å². The maximum absolute atomic E-state index is 13.5. The van der Waals surface area contributed by atoms with Crippen LogP contribution in [0.1, 0.15) is 31.9 Å². The molecule has 0 aliphatic carbocycles. The molecule has 2 saturated heterocycles.